The van der Waals surface area contributed by atoms with E-state index in [4.69, 9.17) is 15.2 Å². The van der Waals surface area contributed by atoms with Crippen LogP contribution in [0.2, 0.25) is 0 Å². The minimum atomic E-state index is -0.555. The van der Waals surface area contributed by atoms with E-state index in [2.05, 4.69) is 20.5 Å². The predicted molar refractivity (Wildman–Crippen MR) is 90.4 cm³/mol. The molecule has 0 aliphatic heterocycles. The third kappa shape index (κ3) is 4.94. The molecule has 1 aromatic carbocycles. The van der Waals surface area contributed by atoms with Crippen molar-refractivity contribution in [3.8, 4) is 11.5 Å². The number of nitrogens with zero attached hydrogens (tertiary/aromatic N) is 3. The van der Waals surface area contributed by atoms with Gasteiger partial charge in [0.1, 0.15) is 0 Å². The van der Waals surface area contributed by atoms with Gasteiger partial charge in [0.25, 0.3) is 5.91 Å². The van der Waals surface area contributed by atoms with Gasteiger partial charge in [0.15, 0.2) is 18.1 Å². The van der Waals surface area contributed by atoms with Crippen LogP contribution in [0.3, 0.4) is 0 Å². The number of anilines is 1. The molecule has 1 amide bonds. The number of hydrazone groups is 1. The molecular weight excluding hydrogens is 310 g/mol. The van der Waals surface area contributed by atoms with E-state index in [-0.39, 0.29) is 6.61 Å². The molecule has 0 atom stereocenters. The van der Waals surface area contributed by atoms with Gasteiger partial charge in [-0.1, -0.05) is 0 Å². The third-order valence-corrected chi connectivity index (χ3v) is 2.92. The van der Waals surface area contributed by atoms with Crippen molar-refractivity contribution in [3.63, 3.8) is 0 Å². The lowest BCUT2D eigenvalue weighted by atomic mass is 10.2. The molecule has 3 N–H and O–H groups in total. The molecule has 8 nitrogen and oxygen atoms in total. The summed E-state index contributed by atoms with van der Waals surface area (Å²) in [5.74, 6) is 0.777. The second-order valence-corrected chi connectivity index (χ2v) is 5.01. The largest absolute Gasteiger partial charge is 0.493 e. The number of hydrogen-bond donors (Lipinski definition) is 2. The molecule has 0 saturated heterocycles. The first-order valence-electron chi connectivity index (χ1n) is 7.18. The average Bonchev–Trinajstić information content (AvgIpc) is 2.52. The molecule has 24 heavy (non-hydrogen) atoms. The van der Waals surface area contributed by atoms with Gasteiger partial charge in [-0.15, -0.1) is 0 Å². The van der Waals surface area contributed by atoms with Crippen molar-refractivity contribution in [1.29, 1.82) is 0 Å². The zero-order chi connectivity index (χ0) is 17.5. The lowest BCUT2D eigenvalue weighted by Crippen LogP contribution is -2.20. The normalized spacial score (nSPS) is 10.6. The van der Waals surface area contributed by atoms with Gasteiger partial charge in [-0.3, -0.25) is 4.79 Å². The number of aryl methyl sites for hydroxylation is 2. The van der Waals surface area contributed by atoms with Crippen molar-refractivity contribution in [1.82, 2.24) is 9.97 Å². The molecule has 0 fully saturated rings. The number of nitrogens with one attached hydrogen (secondary N) is 1. The number of nitrogens with two attached hydrogens (primary N) is 1. The number of carbonyl (C=O) groups excluding carboxylic acids is 1. The summed E-state index contributed by atoms with van der Waals surface area (Å²) in [6.07, 6.45) is 1.60. The Morgan fingerprint density at radius 1 is 1.25 bits per heavy atom. The third-order valence-electron chi connectivity index (χ3n) is 2.92. The van der Waals surface area contributed by atoms with Gasteiger partial charge in [0, 0.05) is 11.4 Å². The number of primary amides is 1. The van der Waals surface area contributed by atoms with Gasteiger partial charge in [-0.05, 0) is 43.7 Å². The van der Waals surface area contributed by atoms with Crippen LogP contribution in [0.1, 0.15) is 17.0 Å². The van der Waals surface area contributed by atoms with Gasteiger partial charge in [0.05, 0.1) is 13.3 Å². The second-order valence-electron chi connectivity index (χ2n) is 5.01. The molecule has 0 aliphatic carbocycles. The SMILES string of the molecule is COc1cc(/C=N\Nc2nc(C)cc(C)n2)ccc1OCC(N)=O. The van der Waals surface area contributed by atoms with E-state index < -0.39 is 5.91 Å². The Balaban J connectivity index is 2.07. The first-order valence-corrected chi connectivity index (χ1v) is 7.18. The minimum absolute atomic E-state index is 0.213. The number of methoxy groups -OCH3 is 1. The summed E-state index contributed by atoms with van der Waals surface area (Å²) >= 11 is 0. The van der Waals surface area contributed by atoms with E-state index in [1.807, 2.05) is 19.9 Å². The highest BCUT2D eigenvalue weighted by Gasteiger charge is 2.06. The summed E-state index contributed by atoms with van der Waals surface area (Å²) in [5, 5.41) is 4.10. The van der Waals surface area contributed by atoms with Crippen LogP contribution in [0.5, 0.6) is 11.5 Å². The maximum Gasteiger partial charge on any atom is 0.255 e. The second kappa shape index (κ2) is 7.91. The summed E-state index contributed by atoms with van der Waals surface area (Å²) < 4.78 is 10.5. The maximum atomic E-state index is 10.8. The molecule has 0 saturated carbocycles. The Labute approximate surface area is 139 Å². The number of ether oxygens (including phenoxy) is 2. The number of hydrogen-bond acceptors (Lipinski definition) is 7. The molecular formula is C16H19N5O3. The van der Waals surface area contributed by atoms with Crippen LogP contribution in [-0.2, 0) is 4.79 Å². The van der Waals surface area contributed by atoms with Crippen molar-refractivity contribution in [2.45, 2.75) is 13.8 Å². The van der Waals surface area contributed by atoms with Crippen LogP contribution in [0.25, 0.3) is 0 Å². The van der Waals surface area contributed by atoms with Crippen molar-refractivity contribution in [3.05, 3.63) is 41.2 Å². The fraction of sp³-hybridized carbons (Fsp3) is 0.250. The number of benzene rings is 1. The molecule has 0 aliphatic rings. The van der Waals surface area contributed by atoms with E-state index in [1.54, 1.807) is 24.4 Å². The highest BCUT2D eigenvalue weighted by molar-refractivity contribution is 5.81. The first kappa shape index (κ1) is 17.2. The van der Waals surface area contributed by atoms with Crippen molar-refractivity contribution >= 4 is 18.1 Å². The number of aromatic nitrogens is 2. The summed E-state index contributed by atoms with van der Waals surface area (Å²) in [7, 11) is 1.51. The quantitative estimate of drug-likeness (QED) is 0.587. The van der Waals surface area contributed by atoms with Crippen LogP contribution in [0.15, 0.2) is 29.4 Å². The summed E-state index contributed by atoms with van der Waals surface area (Å²) in [6.45, 7) is 3.56. The van der Waals surface area contributed by atoms with Gasteiger partial charge >= 0.3 is 0 Å². The Kier molecular flexibility index (Phi) is 5.67. The maximum absolute atomic E-state index is 10.8. The predicted octanol–water partition coefficient (Wildman–Crippen LogP) is 1.41. The van der Waals surface area contributed by atoms with Gasteiger partial charge in [0.2, 0.25) is 5.95 Å². The Bertz CT molecular complexity index is 741. The van der Waals surface area contributed by atoms with E-state index in [9.17, 15) is 4.79 Å². The van der Waals surface area contributed by atoms with E-state index >= 15 is 0 Å². The molecule has 0 bridgehead atoms. The number of carbonyl (C=O) groups is 1. The summed E-state index contributed by atoms with van der Waals surface area (Å²) in [6, 6.07) is 7.05. The monoisotopic (exact) mass is 329 g/mol. The van der Waals surface area contributed by atoms with Crippen LogP contribution in [-0.4, -0.2) is 35.8 Å². The van der Waals surface area contributed by atoms with Gasteiger partial charge < -0.3 is 15.2 Å². The highest BCUT2D eigenvalue weighted by Crippen LogP contribution is 2.27. The number of rotatable bonds is 7. The first-order chi connectivity index (χ1) is 11.5. The van der Waals surface area contributed by atoms with Crippen LogP contribution >= 0.6 is 0 Å². The zero-order valence-electron chi connectivity index (χ0n) is 13.7. The topological polar surface area (TPSA) is 112 Å². The number of amides is 1. The average molecular weight is 329 g/mol. The Morgan fingerprint density at radius 3 is 2.58 bits per heavy atom. The fourth-order valence-electron chi connectivity index (χ4n) is 1.97. The standard InChI is InChI=1S/C16H19N5O3/c1-10-6-11(2)20-16(19-10)21-18-8-12-4-5-13(14(7-12)23-3)24-9-15(17)22/h4-8H,9H2,1-3H3,(H2,17,22)(H,19,20,21)/b18-8-. The Morgan fingerprint density at radius 2 is 1.96 bits per heavy atom. The Hall–Kier alpha value is -3.16. The van der Waals surface area contributed by atoms with Crippen LogP contribution in [0, 0.1) is 13.8 Å². The van der Waals surface area contributed by atoms with Gasteiger partial charge in [-0.25, -0.2) is 15.4 Å². The molecule has 1 aromatic heterocycles. The molecule has 0 unspecified atom stereocenters. The fourth-order valence-corrected chi connectivity index (χ4v) is 1.97. The van der Waals surface area contributed by atoms with Crippen molar-refractivity contribution in [2.75, 3.05) is 19.1 Å². The summed E-state index contributed by atoms with van der Waals surface area (Å²) in [5.41, 5.74) is 10.3. The zero-order valence-corrected chi connectivity index (χ0v) is 13.7. The molecule has 2 aromatic rings. The van der Waals surface area contributed by atoms with Crippen molar-refractivity contribution in [2.24, 2.45) is 10.8 Å². The van der Waals surface area contributed by atoms with E-state index in [0.29, 0.717) is 17.4 Å². The molecule has 0 spiro atoms. The molecule has 8 heteroatoms. The smallest absolute Gasteiger partial charge is 0.255 e. The molecule has 126 valence electrons. The summed E-state index contributed by atoms with van der Waals surface area (Å²) in [4.78, 5) is 19.2. The van der Waals surface area contributed by atoms with Crippen LogP contribution < -0.4 is 20.6 Å². The van der Waals surface area contributed by atoms with Crippen LogP contribution in [0.4, 0.5) is 5.95 Å². The van der Waals surface area contributed by atoms with E-state index in [1.165, 1.54) is 7.11 Å². The van der Waals surface area contributed by atoms with Gasteiger partial charge in [-0.2, -0.15) is 5.10 Å². The molecule has 0 radical (unpaired) electrons. The molecule has 1 heterocycles. The van der Waals surface area contributed by atoms with Crippen molar-refractivity contribution < 1.29 is 14.3 Å². The van der Waals surface area contributed by atoms with E-state index in [0.717, 1.165) is 17.0 Å². The lowest BCUT2D eigenvalue weighted by Gasteiger charge is -2.09. The lowest BCUT2D eigenvalue weighted by molar-refractivity contribution is -0.119. The molecule has 2 rings (SSSR count). The minimum Gasteiger partial charge on any atom is -0.493 e. The highest BCUT2D eigenvalue weighted by atomic mass is 16.5.